The lowest BCUT2D eigenvalue weighted by Crippen LogP contribution is -2.50. The molecule has 2 aromatic rings. The summed E-state index contributed by atoms with van der Waals surface area (Å²) in [6.45, 7) is 4.18. The van der Waals surface area contributed by atoms with Crippen molar-refractivity contribution in [3.05, 3.63) is 71.8 Å². The standard InChI is InChI=1S/C24H27NO4.C2H6/c26-22(25-20(17-29-23(25)27)16-18-10-4-1-5-11-18)21(19-12-6-2-7-13-19)24(28)14-8-3-9-15-24;1-2/h1-2,4-7,10-13,20-21,28H,3,8-9,14-17H2;1-2H3. The average Bonchev–Trinajstić information content (AvgIpc) is 3.17. The van der Waals surface area contributed by atoms with Crippen LogP contribution in [0.3, 0.4) is 0 Å². The molecule has 1 N–H and O–H groups in total. The first-order chi connectivity index (χ1) is 15.1. The molecule has 1 saturated heterocycles. The van der Waals surface area contributed by atoms with Crippen LogP contribution in [0.2, 0.25) is 0 Å². The maximum absolute atomic E-state index is 13.7. The molecule has 1 saturated carbocycles. The van der Waals surface area contributed by atoms with Crippen LogP contribution in [-0.2, 0) is 16.0 Å². The van der Waals surface area contributed by atoms with E-state index in [1.54, 1.807) is 0 Å². The van der Waals surface area contributed by atoms with Crippen molar-refractivity contribution in [2.24, 2.45) is 0 Å². The summed E-state index contributed by atoms with van der Waals surface area (Å²) in [5, 5.41) is 11.5. The Morgan fingerprint density at radius 2 is 1.61 bits per heavy atom. The zero-order valence-electron chi connectivity index (χ0n) is 18.5. The molecule has 5 nitrogen and oxygen atoms in total. The number of imide groups is 1. The Labute approximate surface area is 185 Å². The minimum atomic E-state index is -1.14. The number of cyclic esters (lactones) is 1. The van der Waals surface area contributed by atoms with Crippen molar-refractivity contribution in [2.75, 3.05) is 6.61 Å². The quantitative estimate of drug-likeness (QED) is 0.728. The van der Waals surface area contributed by atoms with Gasteiger partial charge in [0.2, 0.25) is 5.91 Å². The van der Waals surface area contributed by atoms with Crippen LogP contribution in [0, 0.1) is 0 Å². The molecule has 0 aromatic heterocycles. The summed E-state index contributed by atoms with van der Waals surface area (Å²) < 4.78 is 5.26. The van der Waals surface area contributed by atoms with Crippen molar-refractivity contribution in [1.82, 2.24) is 4.90 Å². The van der Waals surface area contributed by atoms with E-state index in [0.29, 0.717) is 19.3 Å². The molecule has 2 amide bonds. The third-order valence-corrected chi connectivity index (χ3v) is 6.15. The molecule has 2 atom stereocenters. The molecular formula is C26H33NO4. The molecule has 5 heteroatoms. The number of rotatable bonds is 5. The summed E-state index contributed by atoms with van der Waals surface area (Å²) in [6.07, 6.45) is 3.86. The molecule has 2 fully saturated rings. The molecule has 166 valence electrons. The molecule has 2 unspecified atom stereocenters. The van der Waals surface area contributed by atoms with Crippen LogP contribution < -0.4 is 0 Å². The lowest BCUT2D eigenvalue weighted by molar-refractivity contribution is -0.139. The molecule has 4 rings (SSSR count). The summed E-state index contributed by atoms with van der Waals surface area (Å²) in [5.41, 5.74) is 0.651. The van der Waals surface area contributed by atoms with Gasteiger partial charge in [-0.2, -0.15) is 0 Å². The van der Waals surface area contributed by atoms with Crippen LogP contribution in [0.1, 0.15) is 63.0 Å². The van der Waals surface area contributed by atoms with Crippen molar-refractivity contribution in [2.45, 2.75) is 69.9 Å². The highest BCUT2D eigenvalue weighted by atomic mass is 16.6. The molecule has 0 radical (unpaired) electrons. The predicted octanol–water partition coefficient (Wildman–Crippen LogP) is 5.08. The number of aliphatic hydroxyl groups is 1. The molecule has 2 aromatic carbocycles. The van der Waals surface area contributed by atoms with E-state index in [2.05, 4.69) is 0 Å². The van der Waals surface area contributed by atoms with Crippen LogP contribution in [0.5, 0.6) is 0 Å². The fourth-order valence-corrected chi connectivity index (χ4v) is 4.69. The minimum Gasteiger partial charge on any atom is -0.447 e. The van der Waals surface area contributed by atoms with Gasteiger partial charge in [-0.3, -0.25) is 4.79 Å². The first-order valence-corrected chi connectivity index (χ1v) is 11.4. The van der Waals surface area contributed by atoms with E-state index in [1.807, 2.05) is 74.5 Å². The average molecular weight is 424 g/mol. The number of ether oxygens (including phenoxy) is 1. The summed E-state index contributed by atoms with van der Waals surface area (Å²) >= 11 is 0. The van der Waals surface area contributed by atoms with Crippen LogP contribution >= 0.6 is 0 Å². The van der Waals surface area contributed by atoms with Gasteiger partial charge in [-0.15, -0.1) is 0 Å². The predicted molar refractivity (Wildman–Crippen MR) is 121 cm³/mol. The number of hydrogen-bond donors (Lipinski definition) is 1. The second-order valence-electron chi connectivity index (χ2n) is 8.14. The highest BCUT2D eigenvalue weighted by Crippen LogP contribution is 2.42. The first-order valence-electron chi connectivity index (χ1n) is 11.4. The molecule has 1 aliphatic carbocycles. The highest BCUT2D eigenvalue weighted by Gasteiger charge is 2.49. The van der Waals surface area contributed by atoms with E-state index >= 15 is 0 Å². The van der Waals surface area contributed by atoms with Gasteiger partial charge in [0, 0.05) is 0 Å². The van der Waals surface area contributed by atoms with Crippen LogP contribution in [0.25, 0.3) is 0 Å². The molecular weight excluding hydrogens is 390 g/mol. The molecule has 1 aliphatic heterocycles. The Kier molecular flexibility index (Phi) is 7.85. The Morgan fingerprint density at radius 3 is 2.23 bits per heavy atom. The van der Waals surface area contributed by atoms with Crippen LogP contribution in [0.15, 0.2) is 60.7 Å². The molecule has 31 heavy (non-hydrogen) atoms. The fraction of sp³-hybridized carbons (Fsp3) is 0.462. The van der Waals surface area contributed by atoms with E-state index in [-0.39, 0.29) is 18.6 Å². The van der Waals surface area contributed by atoms with Crippen LogP contribution in [0.4, 0.5) is 4.79 Å². The van der Waals surface area contributed by atoms with Gasteiger partial charge in [0.25, 0.3) is 0 Å². The first kappa shape index (κ1) is 23.0. The topological polar surface area (TPSA) is 66.8 Å². The number of benzene rings is 2. The van der Waals surface area contributed by atoms with Crippen molar-refractivity contribution >= 4 is 12.0 Å². The second-order valence-corrected chi connectivity index (χ2v) is 8.14. The summed E-state index contributed by atoms with van der Waals surface area (Å²) in [6, 6.07) is 18.8. The van der Waals surface area contributed by atoms with E-state index in [1.165, 1.54) is 4.90 Å². The Bertz CT molecular complexity index is 846. The smallest absolute Gasteiger partial charge is 0.417 e. The molecule has 0 bridgehead atoms. The van der Waals surface area contributed by atoms with Gasteiger partial charge in [-0.25, -0.2) is 9.69 Å². The normalized spacial score (nSPS) is 20.9. The minimum absolute atomic E-state index is 0.180. The molecule has 1 heterocycles. The van der Waals surface area contributed by atoms with Crippen molar-refractivity contribution in [3.63, 3.8) is 0 Å². The van der Waals surface area contributed by atoms with Gasteiger partial charge in [-0.1, -0.05) is 93.8 Å². The monoisotopic (exact) mass is 423 g/mol. The largest absolute Gasteiger partial charge is 0.447 e. The van der Waals surface area contributed by atoms with E-state index in [4.69, 9.17) is 4.74 Å². The van der Waals surface area contributed by atoms with Gasteiger partial charge in [0.1, 0.15) is 6.61 Å². The van der Waals surface area contributed by atoms with E-state index in [9.17, 15) is 14.7 Å². The highest BCUT2D eigenvalue weighted by molar-refractivity contribution is 5.98. The number of carbonyl (C=O) groups is 2. The maximum atomic E-state index is 13.7. The number of carbonyl (C=O) groups excluding carboxylic acids is 2. The van der Waals surface area contributed by atoms with Gasteiger partial charge < -0.3 is 9.84 Å². The van der Waals surface area contributed by atoms with Gasteiger partial charge >= 0.3 is 6.09 Å². The van der Waals surface area contributed by atoms with Gasteiger partial charge in [0.05, 0.1) is 17.6 Å². The van der Waals surface area contributed by atoms with Gasteiger partial charge in [0.15, 0.2) is 0 Å². The summed E-state index contributed by atoms with van der Waals surface area (Å²) in [7, 11) is 0. The molecule has 0 spiro atoms. The van der Waals surface area contributed by atoms with Crippen LogP contribution in [-0.4, -0.2) is 40.3 Å². The third kappa shape index (κ3) is 5.16. The SMILES string of the molecule is CC.O=C1OCC(Cc2ccccc2)N1C(=O)C(c1ccccc1)C1(O)CCCCC1. The van der Waals surface area contributed by atoms with E-state index < -0.39 is 17.6 Å². The summed E-state index contributed by atoms with van der Waals surface area (Å²) in [4.78, 5) is 27.5. The summed E-state index contributed by atoms with van der Waals surface area (Å²) in [5.74, 6) is -1.13. The van der Waals surface area contributed by atoms with Crippen molar-refractivity contribution in [3.8, 4) is 0 Å². The van der Waals surface area contributed by atoms with E-state index in [0.717, 1.165) is 30.4 Å². The van der Waals surface area contributed by atoms with Gasteiger partial charge in [-0.05, 0) is 30.4 Å². The lowest BCUT2D eigenvalue weighted by atomic mass is 9.72. The Balaban J connectivity index is 0.00000132. The second kappa shape index (κ2) is 10.6. The Hall–Kier alpha value is -2.66. The van der Waals surface area contributed by atoms with Crippen molar-refractivity contribution in [1.29, 1.82) is 0 Å². The molecule has 2 aliphatic rings. The zero-order valence-corrected chi connectivity index (χ0v) is 18.5. The number of amides is 2. The zero-order chi connectivity index (χ0) is 22.3. The third-order valence-electron chi connectivity index (χ3n) is 6.15. The number of hydrogen-bond acceptors (Lipinski definition) is 4. The number of nitrogens with zero attached hydrogens (tertiary/aromatic N) is 1. The lowest BCUT2D eigenvalue weighted by Gasteiger charge is -2.40. The fourth-order valence-electron chi connectivity index (χ4n) is 4.69. The Morgan fingerprint density at radius 1 is 1.03 bits per heavy atom. The maximum Gasteiger partial charge on any atom is 0.417 e. The van der Waals surface area contributed by atoms with Crippen molar-refractivity contribution < 1.29 is 19.4 Å².